The van der Waals surface area contributed by atoms with Crippen LogP contribution in [-0.4, -0.2) is 10.5 Å². The number of hydrogen-bond acceptors (Lipinski definition) is 3. The van der Waals surface area contributed by atoms with E-state index in [1.807, 2.05) is 12.1 Å². The van der Waals surface area contributed by atoms with Crippen LogP contribution in [0.3, 0.4) is 0 Å². The SMILES string of the molecule is CC1(Nc2cccnc2N)CCCC1. The summed E-state index contributed by atoms with van der Waals surface area (Å²) in [5, 5.41) is 3.50. The van der Waals surface area contributed by atoms with Crippen molar-refractivity contribution in [3.05, 3.63) is 18.3 Å². The number of rotatable bonds is 2. The van der Waals surface area contributed by atoms with Gasteiger partial charge in [-0.3, -0.25) is 0 Å². The summed E-state index contributed by atoms with van der Waals surface area (Å²) in [6, 6.07) is 3.91. The molecule has 0 amide bonds. The van der Waals surface area contributed by atoms with Gasteiger partial charge in [0.2, 0.25) is 0 Å². The zero-order valence-electron chi connectivity index (χ0n) is 8.59. The molecule has 1 aromatic heterocycles. The van der Waals surface area contributed by atoms with E-state index in [1.54, 1.807) is 6.20 Å². The Hall–Kier alpha value is -1.25. The molecular weight excluding hydrogens is 174 g/mol. The van der Waals surface area contributed by atoms with Gasteiger partial charge in [-0.15, -0.1) is 0 Å². The lowest BCUT2D eigenvalue weighted by Crippen LogP contribution is -2.31. The van der Waals surface area contributed by atoms with Crippen molar-refractivity contribution in [2.24, 2.45) is 0 Å². The standard InChI is InChI=1S/C11H17N3/c1-11(6-2-3-7-11)14-9-5-4-8-13-10(9)12/h4-5,8,14H,2-3,6-7H2,1H3,(H2,12,13). The Bertz CT molecular complexity index is 316. The summed E-state index contributed by atoms with van der Waals surface area (Å²) in [6.07, 6.45) is 6.79. The van der Waals surface area contributed by atoms with Crippen molar-refractivity contribution >= 4 is 11.5 Å². The van der Waals surface area contributed by atoms with Crippen molar-refractivity contribution < 1.29 is 0 Å². The minimum Gasteiger partial charge on any atom is -0.382 e. The third-order valence-electron chi connectivity index (χ3n) is 2.98. The van der Waals surface area contributed by atoms with Gasteiger partial charge in [0.15, 0.2) is 0 Å². The second-order valence-electron chi connectivity index (χ2n) is 4.33. The molecule has 0 atom stereocenters. The van der Waals surface area contributed by atoms with Crippen molar-refractivity contribution in [3.63, 3.8) is 0 Å². The highest BCUT2D eigenvalue weighted by Crippen LogP contribution is 2.33. The first-order valence-corrected chi connectivity index (χ1v) is 5.18. The zero-order valence-corrected chi connectivity index (χ0v) is 8.59. The number of nitrogen functional groups attached to an aromatic ring is 1. The predicted molar refractivity (Wildman–Crippen MR) is 59.1 cm³/mol. The van der Waals surface area contributed by atoms with Crippen LogP contribution < -0.4 is 11.1 Å². The Kier molecular flexibility index (Phi) is 2.32. The summed E-state index contributed by atoms with van der Waals surface area (Å²) in [5.74, 6) is 0.598. The molecule has 3 nitrogen and oxygen atoms in total. The van der Waals surface area contributed by atoms with Gasteiger partial charge in [-0.2, -0.15) is 0 Å². The molecule has 1 heterocycles. The molecule has 3 heteroatoms. The molecule has 1 saturated carbocycles. The lowest BCUT2D eigenvalue weighted by Gasteiger charge is -2.27. The van der Waals surface area contributed by atoms with Crippen LogP contribution in [-0.2, 0) is 0 Å². The fourth-order valence-electron chi connectivity index (χ4n) is 2.13. The molecule has 3 N–H and O–H groups in total. The lowest BCUT2D eigenvalue weighted by molar-refractivity contribution is 0.533. The van der Waals surface area contributed by atoms with Gasteiger partial charge in [0.1, 0.15) is 5.82 Å². The highest BCUT2D eigenvalue weighted by atomic mass is 15.0. The van der Waals surface area contributed by atoms with Gasteiger partial charge in [-0.25, -0.2) is 4.98 Å². The van der Waals surface area contributed by atoms with E-state index in [2.05, 4.69) is 17.2 Å². The van der Waals surface area contributed by atoms with E-state index >= 15 is 0 Å². The summed E-state index contributed by atoms with van der Waals surface area (Å²) in [5.41, 5.74) is 6.97. The minimum atomic E-state index is 0.219. The summed E-state index contributed by atoms with van der Waals surface area (Å²) in [7, 11) is 0. The van der Waals surface area contributed by atoms with Crippen LogP contribution >= 0.6 is 0 Å². The molecule has 0 saturated heterocycles. The first-order chi connectivity index (χ1) is 6.70. The third kappa shape index (κ3) is 1.81. The Morgan fingerprint density at radius 3 is 2.79 bits per heavy atom. The molecule has 1 fully saturated rings. The van der Waals surface area contributed by atoms with Crippen molar-refractivity contribution in [3.8, 4) is 0 Å². The fraction of sp³-hybridized carbons (Fsp3) is 0.545. The van der Waals surface area contributed by atoms with Gasteiger partial charge in [0, 0.05) is 11.7 Å². The van der Waals surface area contributed by atoms with Crippen LogP contribution in [0.15, 0.2) is 18.3 Å². The molecule has 1 aliphatic carbocycles. The smallest absolute Gasteiger partial charge is 0.146 e. The predicted octanol–water partition coefficient (Wildman–Crippen LogP) is 2.41. The molecule has 2 rings (SSSR count). The van der Waals surface area contributed by atoms with E-state index in [0.717, 1.165) is 5.69 Å². The number of anilines is 2. The molecule has 0 aromatic carbocycles. The zero-order chi connectivity index (χ0) is 10.0. The second-order valence-corrected chi connectivity index (χ2v) is 4.33. The van der Waals surface area contributed by atoms with Gasteiger partial charge in [0.05, 0.1) is 5.69 Å². The van der Waals surface area contributed by atoms with Crippen molar-refractivity contribution in [1.29, 1.82) is 0 Å². The van der Waals surface area contributed by atoms with E-state index in [-0.39, 0.29) is 5.54 Å². The molecule has 1 aliphatic rings. The normalized spacial score (nSPS) is 19.5. The van der Waals surface area contributed by atoms with Crippen molar-refractivity contribution in [2.45, 2.75) is 38.1 Å². The molecular formula is C11H17N3. The lowest BCUT2D eigenvalue weighted by atomic mass is 10.0. The van der Waals surface area contributed by atoms with Crippen molar-refractivity contribution in [1.82, 2.24) is 4.98 Å². The Labute approximate surface area is 84.7 Å². The number of aromatic nitrogens is 1. The summed E-state index contributed by atoms with van der Waals surface area (Å²) in [4.78, 5) is 4.07. The number of nitrogens with zero attached hydrogens (tertiary/aromatic N) is 1. The average molecular weight is 191 g/mol. The van der Waals surface area contributed by atoms with Gasteiger partial charge < -0.3 is 11.1 Å². The van der Waals surface area contributed by atoms with E-state index in [4.69, 9.17) is 5.73 Å². The highest BCUT2D eigenvalue weighted by Gasteiger charge is 2.28. The number of nitrogens with two attached hydrogens (primary N) is 1. The molecule has 0 aliphatic heterocycles. The Morgan fingerprint density at radius 1 is 1.43 bits per heavy atom. The average Bonchev–Trinajstić information content (AvgIpc) is 2.57. The first kappa shape index (κ1) is 9.31. The maximum atomic E-state index is 5.78. The van der Waals surface area contributed by atoms with Gasteiger partial charge in [-0.05, 0) is 31.9 Å². The molecule has 14 heavy (non-hydrogen) atoms. The van der Waals surface area contributed by atoms with Crippen LogP contribution in [0.5, 0.6) is 0 Å². The highest BCUT2D eigenvalue weighted by molar-refractivity contribution is 5.62. The Morgan fingerprint density at radius 2 is 2.14 bits per heavy atom. The minimum absolute atomic E-state index is 0.219. The summed E-state index contributed by atoms with van der Waals surface area (Å²) < 4.78 is 0. The van der Waals surface area contributed by atoms with E-state index in [9.17, 15) is 0 Å². The second kappa shape index (κ2) is 3.48. The van der Waals surface area contributed by atoms with Crippen LogP contribution in [0.2, 0.25) is 0 Å². The number of pyridine rings is 1. The molecule has 0 spiro atoms. The Balaban J connectivity index is 2.14. The first-order valence-electron chi connectivity index (χ1n) is 5.18. The van der Waals surface area contributed by atoms with Crippen LogP contribution in [0.25, 0.3) is 0 Å². The topological polar surface area (TPSA) is 50.9 Å². The maximum Gasteiger partial charge on any atom is 0.146 e. The monoisotopic (exact) mass is 191 g/mol. The summed E-state index contributed by atoms with van der Waals surface area (Å²) in [6.45, 7) is 2.26. The molecule has 1 aromatic rings. The van der Waals surface area contributed by atoms with Crippen LogP contribution in [0.4, 0.5) is 11.5 Å². The van der Waals surface area contributed by atoms with Crippen molar-refractivity contribution in [2.75, 3.05) is 11.1 Å². The molecule has 0 unspecified atom stereocenters. The van der Waals surface area contributed by atoms with E-state index in [0.29, 0.717) is 5.82 Å². The number of nitrogens with one attached hydrogen (secondary N) is 1. The van der Waals surface area contributed by atoms with Gasteiger partial charge >= 0.3 is 0 Å². The molecule has 0 radical (unpaired) electrons. The van der Waals surface area contributed by atoms with Gasteiger partial charge in [-0.1, -0.05) is 12.8 Å². The molecule has 76 valence electrons. The van der Waals surface area contributed by atoms with Crippen LogP contribution in [0, 0.1) is 0 Å². The van der Waals surface area contributed by atoms with Gasteiger partial charge in [0.25, 0.3) is 0 Å². The van der Waals surface area contributed by atoms with E-state index in [1.165, 1.54) is 25.7 Å². The third-order valence-corrected chi connectivity index (χ3v) is 2.98. The number of hydrogen-bond donors (Lipinski definition) is 2. The molecule has 0 bridgehead atoms. The maximum absolute atomic E-state index is 5.78. The largest absolute Gasteiger partial charge is 0.382 e. The fourth-order valence-corrected chi connectivity index (χ4v) is 2.13. The summed E-state index contributed by atoms with van der Waals surface area (Å²) >= 11 is 0. The van der Waals surface area contributed by atoms with Crippen LogP contribution in [0.1, 0.15) is 32.6 Å². The van der Waals surface area contributed by atoms with E-state index < -0.39 is 0 Å². The quantitative estimate of drug-likeness (QED) is 0.754.